The third kappa shape index (κ3) is 2.45. The van der Waals surface area contributed by atoms with Crippen LogP contribution >= 0.6 is 15.9 Å². The van der Waals surface area contributed by atoms with Crippen molar-refractivity contribution in [1.82, 2.24) is 5.32 Å². The van der Waals surface area contributed by atoms with Crippen molar-refractivity contribution in [3.05, 3.63) is 56.9 Å². The molecule has 1 aliphatic carbocycles. The standard InChI is InChI=1S/C17H20BrNO/c1-10-9-15(12(3)20-10)11(2)19-17-8-7-13-14(17)5-4-6-16(13)18/h4-6,9,11,17,19H,7-8H2,1-3H3. The van der Waals surface area contributed by atoms with Gasteiger partial charge in [0, 0.05) is 22.1 Å². The van der Waals surface area contributed by atoms with E-state index in [9.17, 15) is 0 Å². The minimum absolute atomic E-state index is 0.308. The zero-order valence-electron chi connectivity index (χ0n) is 12.2. The molecular weight excluding hydrogens is 314 g/mol. The SMILES string of the molecule is Cc1cc(C(C)NC2CCc3c(Br)cccc32)c(C)o1. The van der Waals surface area contributed by atoms with Gasteiger partial charge in [-0.15, -0.1) is 0 Å². The highest BCUT2D eigenvalue weighted by Crippen LogP contribution is 2.37. The fourth-order valence-corrected chi connectivity index (χ4v) is 3.83. The third-order valence-electron chi connectivity index (χ3n) is 4.21. The fourth-order valence-electron chi connectivity index (χ4n) is 3.25. The monoisotopic (exact) mass is 333 g/mol. The Bertz CT molecular complexity index is 632. The first-order valence-corrected chi connectivity index (χ1v) is 7.96. The summed E-state index contributed by atoms with van der Waals surface area (Å²) in [5, 5.41) is 3.75. The van der Waals surface area contributed by atoms with E-state index in [4.69, 9.17) is 4.42 Å². The van der Waals surface area contributed by atoms with Crippen molar-refractivity contribution < 1.29 is 4.42 Å². The first kappa shape index (κ1) is 13.9. The smallest absolute Gasteiger partial charge is 0.105 e. The van der Waals surface area contributed by atoms with E-state index in [1.807, 2.05) is 13.8 Å². The van der Waals surface area contributed by atoms with Crippen LogP contribution < -0.4 is 5.32 Å². The van der Waals surface area contributed by atoms with Crippen LogP contribution in [0.4, 0.5) is 0 Å². The van der Waals surface area contributed by atoms with E-state index < -0.39 is 0 Å². The largest absolute Gasteiger partial charge is 0.466 e. The van der Waals surface area contributed by atoms with Gasteiger partial charge in [-0.1, -0.05) is 28.1 Å². The number of aryl methyl sites for hydroxylation is 2. The molecule has 0 fully saturated rings. The molecule has 0 aliphatic heterocycles. The molecule has 20 heavy (non-hydrogen) atoms. The maximum absolute atomic E-state index is 5.64. The van der Waals surface area contributed by atoms with E-state index >= 15 is 0 Å². The van der Waals surface area contributed by atoms with Gasteiger partial charge in [0.05, 0.1) is 0 Å². The van der Waals surface area contributed by atoms with Crippen molar-refractivity contribution in [2.24, 2.45) is 0 Å². The van der Waals surface area contributed by atoms with E-state index in [0.717, 1.165) is 24.4 Å². The molecule has 1 aromatic heterocycles. The molecule has 3 heteroatoms. The van der Waals surface area contributed by atoms with Crippen molar-refractivity contribution in [3.63, 3.8) is 0 Å². The van der Waals surface area contributed by atoms with E-state index in [-0.39, 0.29) is 0 Å². The highest BCUT2D eigenvalue weighted by atomic mass is 79.9. The molecule has 3 rings (SSSR count). The molecule has 2 aromatic rings. The summed E-state index contributed by atoms with van der Waals surface area (Å²) in [6.45, 7) is 6.26. The van der Waals surface area contributed by atoms with Gasteiger partial charge in [0.25, 0.3) is 0 Å². The van der Waals surface area contributed by atoms with Crippen LogP contribution in [0.1, 0.15) is 53.6 Å². The van der Waals surface area contributed by atoms with Crippen molar-refractivity contribution in [1.29, 1.82) is 0 Å². The molecule has 1 aromatic carbocycles. The second-order valence-electron chi connectivity index (χ2n) is 5.66. The minimum atomic E-state index is 0.308. The summed E-state index contributed by atoms with van der Waals surface area (Å²) in [7, 11) is 0. The zero-order chi connectivity index (χ0) is 14.3. The number of fused-ring (bicyclic) bond motifs is 1. The predicted octanol–water partition coefficient (Wildman–Crippen LogP) is 5.00. The molecule has 2 atom stereocenters. The molecule has 0 spiro atoms. The number of hydrogen-bond donors (Lipinski definition) is 1. The van der Waals surface area contributed by atoms with Crippen LogP contribution in [0.2, 0.25) is 0 Å². The highest BCUT2D eigenvalue weighted by molar-refractivity contribution is 9.10. The molecule has 2 nitrogen and oxygen atoms in total. The normalized spacial score (nSPS) is 19.1. The Morgan fingerprint density at radius 2 is 2.15 bits per heavy atom. The van der Waals surface area contributed by atoms with Gasteiger partial charge in [-0.05, 0) is 56.9 Å². The Kier molecular flexibility index (Phi) is 3.74. The van der Waals surface area contributed by atoms with Crippen LogP contribution in [0.25, 0.3) is 0 Å². The van der Waals surface area contributed by atoms with Gasteiger partial charge in [0.15, 0.2) is 0 Å². The molecule has 1 N–H and O–H groups in total. The Morgan fingerprint density at radius 1 is 1.35 bits per heavy atom. The topological polar surface area (TPSA) is 25.2 Å². The first-order chi connectivity index (χ1) is 9.56. The summed E-state index contributed by atoms with van der Waals surface area (Å²) in [4.78, 5) is 0. The Hall–Kier alpha value is -1.06. The fraction of sp³-hybridized carbons (Fsp3) is 0.412. The summed E-state index contributed by atoms with van der Waals surface area (Å²) >= 11 is 3.66. The van der Waals surface area contributed by atoms with Gasteiger partial charge in [0.1, 0.15) is 11.5 Å². The Balaban J connectivity index is 1.81. The summed E-state index contributed by atoms with van der Waals surface area (Å²) in [5.74, 6) is 2.01. The Labute approximate surface area is 128 Å². The second-order valence-corrected chi connectivity index (χ2v) is 6.51. The summed E-state index contributed by atoms with van der Waals surface area (Å²) < 4.78 is 6.88. The number of furan rings is 1. The van der Waals surface area contributed by atoms with Crippen LogP contribution in [-0.2, 0) is 6.42 Å². The maximum atomic E-state index is 5.64. The third-order valence-corrected chi connectivity index (χ3v) is 4.95. The van der Waals surface area contributed by atoms with Gasteiger partial charge in [-0.3, -0.25) is 0 Å². The number of hydrogen-bond acceptors (Lipinski definition) is 2. The van der Waals surface area contributed by atoms with E-state index in [1.165, 1.54) is 21.2 Å². The average molecular weight is 334 g/mol. The highest BCUT2D eigenvalue weighted by Gasteiger charge is 2.26. The minimum Gasteiger partial charge on any atom is -0.466 e. The van der Waals surface area contributed by atoms with E-state index in [1.54, 1.807) is 0 Å². The lowest BCUT2D eigenvalue weighted by Crippen LogP contribution is -2.23. The Morgan fingerprint density at radius 3 is 2.85 bits per heavy atom. The van der Waals surface area contributed by atoms with Crippen LogP contribution in [0.3, 0.4) is 0 Å². The van der Waals surface area contributed by atoms with Gasteiger partial charge in [-0.25, -0.2) is 0 Å². The maximum Gasteiger partial charge on any atom is 0.105 e. The van der Waals surface area contributed by atoms with Crippen molar-refractivity contribution >= 4 is 15.9 Å². The molecule has 106 valence electrons. The lowest BCUT2D eigenvalue weighted by atomic mass is 10.0. The number of halogens is 1. The zero-order valence-corrected chi connectivity index (χ0v) is 13.8. The van der Waals surface area contributed by atoms with E-state index in [0.29, 0.717) is 12.1 Å². The quantitative estimate of drug-likeness (QED) is 0.855. The van der Waals surface area contributed by atoms with Crippen LogP contribution in [0, 0.1) is 13.8 Å². The van der Waals surface area contributed by atoms with Crippen molar-refractivity contribution in [2.75, 3.05) is 0 Å². The summed E-state index contributed by atoms with van der Waals surface area (Å²) in [6.07, 6.45) is 2.31. The van der Waals surface area contributed by atoms with Gasteiger partial charge in [-0.2, -0.15) is 0 Å². The molecule has 1 heterocycles. The van der Waals surface area contributed by atoms with Gasteiger partial charge >= 0.3 is 0 Å². The molecular formula is C17H20BrNO. The molecule has 0 radical (unpaired) electrons. The lowest BCUT2D eigenvalue weighted by molar-refractivity contribution is 0.450. The summed E-state index contributed by atoms with van der Waals surface area (Å²) in [6, 6.07) is 9.39. The lowest BCUT2D eigenvalue weighted by Gasteiger charge is -2.20. The van der Waals surface area contributed by atoms with E-state index in [2.05, 4.69) is 52.4 Å². The average Bonchev–Trinajstić information content (AvgIpc) is 2.94. The second kappa shape index (κ2) is 5.38. The number of rotatable bonds is 3. The van der Waals surface area contributed by atoms with Crippen molar-refractivity contribution in [3.8, 4) is 0 Å². The van der Waals surface area contributed by atoms with Gasteiger partial charge < -0.3 is 9.73 Å². The molecule has 2 unspecified atom stereocenters. The van der Waals surface area contributed by atoms with Gasteiger partial charge in [0.2, 0.25) is 0 Å². The first-order valence-electron chi connectivity index (χ1n) is 7.16. The molecule has 0 saturated heterocycles. The molecule has 0 saturated carbocycles. The summed E-state index contributed by atoms with van der Waals surface area (Å²) in [5.41, 5.74) is 4.16. The van der Waals surface area contributed by atoms with Crippen LogP contribution in [0.15, 0.2) is 33.2 Å². The molecule has 0 bridgehead atoms. The van der Waals surface area contributed by atoms with Crippen molar-refractivity contribution in [2.45, 2.75) is 45.7 Å². The predicted molar refractivity (Wildman–Crippen MR) is 84.9 cm³/mol. The number of nitrogens with one attached hydrogen (secondary N) is 1. The van der Waals surface area contributed by atoms with Crippen LogP contribution in [0.5, 0.6) is 0 Å². The van der Waals surface area contributed by atoms with Crippen LogP contribution in [-0.4, -0.2) is 0 Å². The molecule has 1 aliphatic rings. The number of benzene rings is 1. The molecule has 0 amide bonds.